The van der Waals surface area contributed by atoms with Crippen molar-refractivity contribution >= 4 is 45.3 Å². The SMILES string of the molecule is CCOC(=O)n1nc(NC(=O)c2cccc(C#N)c2)c2sc(C(=O)OC)cc21. The summed E-state index contributed by atoms with van der Waals surface area (Å²) in [7, 11) is 1.25. The number of carbonyl (C=O) groups is 3. The van der Waals surface area contributed by atoms with Gasteiger partial charge in [0.2, 0.25) is 0 Å². The largest absolute Gasteiger partial charge is 0.465 e. The van der Waals surface area contributed by atoms with Crippen molar-refractivity contribution in [2.75, 3.05) is 19.0 Å². The number of hydrogen-bond donors (Lipinski definition) is 1. The molecule has 2 heterocycles. The van der Waals surface area contributed by atoms with Crippen LogP contribution in [0.1, 0.15) is 32.5 Å². The highest BCUT2D eigenvalue weighted by Gasteiger charge is 2.23. The van der Waals surface area contributed by atoms with Crippen molar-refractivity contribution in [2.24, 2.45) is 0 Å². The van der Waals surface area contributed by atoms with Crippen LogP contribution in [0.3, 0.4) is 0 Å². The predicted octanol–water partition coefficient (Wildman–Crippen LogP) is 3.01. The molecule has 9 nitrogen and oxygen atoms in total. The smallest absolute Gasteiger partial charge is 0.435 e. The van der Waals surface area contributed by atoms with E-state index in [4.69, 9.17) is 14.7 Å². The Morgan fingerprint density at radius 3 is 2.79 bits per heavy atom. The first kappa shape index (κ1) is 19.1. The number of fused-ring (bicyclic) bond motifs is 1. The molecule has 0 aliphatic heterocycles. The van der Waals surface area contributed by atoms with E-state index in [1.54, 1.807) is 25.1 Å². The number of ether oxygens (including phenoxy) is 2. The fraction of sp³-hybridized carbons (Fsp3) is 0.167. The zero-order valence-corrected chi connectivity index (χ0v) is 15.7. The fourth-order valence-corrected chi connectivity index (χ4v) is 3.42. The topological polar surface area (TPSA) is 123 Å². The van der Waals surface area contributed by atoms with Crippen LogP contribution in [0, 0.1) is 11.3 Å². The van der Waals surface area contributed by atoms with E-state index in [-0.39, 0.29) is 22.9 Å². The monoisotopic (exact) mass is 398 g/mol. The number of anilines is 1. The summed E-state index contributed by atoms with van der Waals surface area (Å²) in [5.41, 5.74) is 0.895. The Morgan fingerprint density at radius 1 is 1.32 bits per heavy atom. The highest BCUT2D eigenvalue weighted by molar-refractivity contribution is 7.21. The van der Waals surface area contributed by atoms with Crippen molar-refractivity contribution in [3.63, 3.8) is 0 Å². The molecule has 0 atom stereocenters. The van der Waals surface area contributed by atoms with Gasteiger partial charge in [-0.2, -0.15) is 9.94 Å². The number of nitrogens with zero attached hydrogens (tertiary/aromatic N) is 3. The molecule has 3 aromatic rings. The molecule has 0 spiro atoms. The van der Waals surface area contributed by atoms with Crippen LogP contribution in [-0.4, -0.2) is 41.5 Å². The van der Waals surface area contributed by atoms with Gasteiger partial charge in [-0.05, 0) is 31.2 Å². The Balaban J connectivity index is 2.03. The zero-order valence-electron chi connectivity index (χ0n) is 14.9. The third-order valence-electron chi connectivity index (χ3n) is 3.67. The highest BCUT2D eigenvalue weighted by atomic mass is 32.1. The van der Waals surface area contributed by atoms with Crippen molar-refractivity contribution in [1.82, 2.24) is 9.78 Å². The first-order valence-electron chi connectivity index (χ1n) is 8.08. The summed E-state index contributed by atoms with van der Waals surface area (Å²) in [5, 5.41) is 15.7. The Morgan fingerprint density at radius 2 is 2.11 bits per heavy atom. The van der Waals surface area contributed by atoms with Crippen LogP contribution >= 0.6 is 11.3 Å². The molecule has 0 saturated carbocycles. The molecular weight excluding hydrogens is 384 g/mol. The number of thiophene rings is 1. The number of nitrogens with one attached hydrogen (secondary N) is 1. The van der Waals surface area contributed by atoms with Crippen molar-refractivity contribution in [3.8, 4) is 6.07 Å². The number of esters is 1. The number of carbonyl (C=O) groups excluding carboxylic acids is 3. The summed E-state index contributed by atoms with van der Waals surface area (Å²) in [5.74, 6) is -0.994. The molecule has 0 radical (unpaired) electrons. The Hall–Kier alpha value is -3.71. The van der Waals surface area contributed by atoms with Crippen LogP contribution < -0.4 is 5.32 Å². The van der Waals surface area contributed by atoms with Crippen LogP contribution in [-0.2, 0) is 9.47 Å². The zero-order chi connectivity index (χ0) is 20.3. The van der Waals surface area contributed by atoms with E-state index >= 15 is 0 Å². The minimum absolute atomic E-state index is 0.0931. The Kier molecular flexibility index (Phi) is 5.37. The van der Waals surface area contributed by atoms with Gasteiger partial charge in [0.25, 0.3) is 5.91 Å². The number of nitriles is 1. The maximum Gasteiger partial charge on any atom is 0.435 e. The molecule has 3 rings (SSSR count). The molecule has 1 N–H and O–H groups in total. The van der Waals surface area contributed by atoms with Crippen molar-refractivity contribution in [3.05, 3.63) is 46.3 Å². The lowest BCUT2D eigenvalue weighted by Gasteiger charge is -2.03. The van der Waals surface area contributed by atoms with Crippen molar-refractivity contribution in [2.45, 2.75) is 6.92 Å². The van der Waals surface area contributed by atoms with E-state index in [1.807, 2.05) is 6.07 Å². The van der Waals surface area contributed by atoms with E-state index in [1.165, 1.54) is 19.2 Å². The number of benzene rings is 1. The Bertz CT molecular complexity index is 1120. The lowest BCUT2D eigenvalue weighted by molar-refractivity contribution is 0.0606. The minimum Gasteiger partial charge on any atom is -0.465 e. The summed E-state index contributed by atoms with van der Waals surface area (Å²) in [4.78, 5) is 36.8. The van der Waals surface area contributed by atoms with Crippen LogP contribution in [0.15, 0.2) is 30.3 Å². The maximum atomic E-state index is 12.6. The third-order valence-corrected chi connectivity index (χ3v) is 4.78. The number of rotatable bonds is 4. The Labute approximate surface area is 163 Å². The number of amides is 1. The quantitative estimate of drug-likeness (QED) is 0.670. The van der Waals surface area contributed by atoms with Gasteiger partial charge in [0.1, 0.15) is 4.88 Å². The first-order valence-corrected chi connectivity index (χ1v) is 8.89. The van der Waals surface area contributed by atoms with E-state index in [2.05, 4.69) is 10.4 Å². The average Bonchev–Trinajstić information content (AvgIpc) is 3.28. The van der Waals surface area contributed by atoms with Gasteiger partial charge in [0.15, 0.2) is 5.82 Å². The second-order valence-electron chi connectivity index (χ2n) is 5.42. The molecule has 142 valence electrons. The summed E-state index contributed by atoms with van der Waals surface area (Å²) >= 11 is 1.03. The molecule has 2 aromatic heterocycles. The third kappa shape index (κ3) is 3.56. The van der Waals surface area contributed by atoms with Crippen LogP contribution in [0.4, 0.5) is 10.6 Å². The number of hydrogen-bond acceptors (Lipinski definition) is 8. The first-order chi connectivity index (χ1) is 13.5. The normalized spacial score (nSPS) is 10.3. The lowest BCUT2D eigenvalue weighted by atomic mass is 10.1. The number of methoxy groups -OCH3 is 1. The molecule has 1 amide bonds. The maximum absolute atomic E-state index is 12.6. The molecule has 28 heavy (non-hydrogen) atoms. The standard InChI is InChI=1S/C18H14N4O5S/c1-3-27-18(25)22-12-8-13(17(24)26-2)28-14(12)15(21-22)20-16(23)11-6-4-5-10(7-11)9-19/h4-8H,3H2,1-2H3,(H,20,21,23). The highest BCUT2D eigenvalue weighted by Crippen LogP contribution is 2.33. The molecule has 0 aliphatic rings. The average molecular weight is 398 g/mol. The summed E-state index contributed by atoms with van der Waals surface area (Å²) in [6.07, 6.45) is -0.742. The molecule has 0 saturated heterocycles. The van der Waals surface area contributed by atoms with Gasteiger partial charge in [-0.15, -0.1) is 16.4 Å². The van der Waals surface area contributed by atoms with Gasteiger partial charge < -0.3 is 14.8 Å². The van der Waals surface area contributed by atoms with Gasteiger partial charge in [0.05, 0.1) is 35.6 Å². The second kappa shape index (κ2) is 7.89. The van der Waals surface area contributed by atoms with Crippen molar-refractivity contribution < 1.29 is 23.9 Å². The summed E-state index contributed by atoms with van der Waals surface area (Å²) < 4.78 is 11.1. The van der Waals surface area contributed by atoms with Gasteiger partial charge in [-0.25, -0.2) is 9.59 Å². The van der Waals surface area contributed by atoms with Crippen molar-refractivity contribution in [1.29, 1.82) is 5.26 Å². The second-order valence-corrected chi connectivity index (χ2v) is 6.47. The van der Waals surface area contributed by atoms with E-state index in [9.17, 15) is 14.4 Å². The van der Waals surface area contributed by atoms with E-state index < -0.39 is 18.0 Å². The molecule has 0 fully saturated rings. The summed E-state index contributed by atoms with van der Waals surface area (Å²) in [6, 6.07) is 9.55. The molecule has 0 bridgehead atoms. The minimum atomic E-state index is -0.742. The molecule has 1 aromatic carbocycles. The van der Waals surface area contributed by atoms with Gasteiger partial charge in [-0.1, -0.05) is 6.07 Å². The van der Waals surface area contributed by atoms with Gasteiger partial charge >= 0.3 is 12.1 Å². The predicted molar refractivity (Wildman–Crippen MR) is 100 cm³/mol. The number of aromatic nitrogens is 2. The fourth-order valence-electron chi connectivity index (χ4n) is 2.42. The van der Waals surface area contributed by atoms with Crippen LogP contribution in [0.2, 0.25) is 0 Å². The molecule has 0 unspecified atom stereocenters. The molecule has 10 heteroatoms. The molecular formula is C18H14N4O5S. The lowest BCUT2D eigenvalue weighted by Crippen LogP contribution is -2.17. The van der Waals surface area contributed by atoms with Crippen LogP contribution in [0.5, 0.6) is 0 Å². The van der Waals surface area contributed by atoms with E-state index in [0.717, 1.165) is 16.0 Å². The summed E-state index contributed by atoms with van der Waals surface area (Å²) in [6.45, 7) is 1.79. The van der Waals surface area contributed by atoms with Gasteiger partial charge in [-0.3, -0.25) is 4.79 Å². The molecule has 0 aliphatic carbocycles. The van der Waals surface area contributed by atoms with Gasteiger partial charge in [0, 0.05) is 5.56 Å². The van der Waals surface area contributed by atoms with Crippen LogP contribution in [0.25, 0.3) is 10.2 Å². The van der Waals surface area contributed by atoms with E-state index in [0.29, 0.717) is 15.8 Å².